The molecule has 25 heavy (non-hydrogen) atoms. The van der Waals surface area contributed by atoms with Crippen LogP contribution in [0.25, 0.3) is 5.69 Å². The SMILES string of the molecule is c1ccc(-n2nncc2CN2CCC(OCc3ccncc3)C2)cc1. The van der Waals surface area contributed by atoms with Crippen LogP contribution in [-0.4, -0.2) is 44.1 Å². The summed E-state index contributed by atoms with van der Waals surface area (Å²) in [4.78, 5) is 6.43. The van der Waals surface area contributed by atoms with Crippen LogP contribution < -0.4 is 0 Å². The van der Waals surface area contributed by atoms with Gasteiger partial charge in [-0.2, -0.15) is 0 Å². The average Bonchev–Trinajstić information content (AvgIpc) is 3.31. The van der Waals surface area contributed by atoms with Crippen LogP contribution in [0.5, 0.6) is 0 Å². The highest BCUT2D eigenvalue weighted by molar-refractivity contribution is 5.31. The first-order valence-corrected chi connectivity index (χ1v) is 8.56. The third-order valence-corrected chi connectivity index (χ3v) is 4.47. The van der Waals surface area contributed by atoms with Gasteiger partial charge in [-0.3, -0.25) is 9.88 Å². The Bertz CT molecular complexity index is 790. The smallest absolute Gasteiger partial charge is 0.0786 e. The van der Waals surface area contributed by atoms with Gasteiger partial charge in [0.05, 0.1) is 30.3 Å². The summed E-state index contributed by atoms with van der Waals surface area (Å²) < 4.78 is 7.95. The first kappa shape index (κ1) is 15.9. The van der Waals surface area contributed by atoms with E-state index in [2.05, 4.69) is 20.2 Å². The molecule has 0 saturated carbocycles. The van der Waals surface area contributed by atoms with Crippen LogP contribution in [0, 0.1) is 0 Å². The van der Waals surface area contributed by atoms with Crippen molar-refractivity contribution >= 4 is 0 Å². The molecule has 0 spiro atoms. The quantitative estimate of drug-likeness (QED) is 0.692. The maximum absolute atomic E-state index is 6.05. The van der Waals surface area contributed by atoms with E-state index in [-0.39, 0.29) is 6.10 Å². The van der Waals surface area contributed by atoms with E-state index in [9.17, 15) is 0 Å². The molecule has 128 valence electrons. The molecule has 0 amide bonds. The van der Waals surface area contributed by atoms with Crippen LogP contribution in [-0.2, 0) is 17.9 Å². The maximum atomic E-state index is 6.05. The molecule has 1 unspecified atom stereocenters. The zero-order valence-electron chi connectivity index (χ0n) is 14.0. The first-order valence-electron chi connectivity index (χ1n) is 8.56. The van der Waals surface area contributed by atoms with E-state index < -0.39 is 0 Å². The Balaban J connectivity index is 1.34. The second-order valence-electron chi connectivity index (χ2n) is 6.28. The predicted octanol–water partition coefficient (Wildman–Crippen LogP) is 2.45. The van der Waals surface area contributed by atoms with Crippen molar-refractivity contribution < 1.29 is 4.74 Å². The highest BCUT2D eigenvalue weighted by Gasteiger charge is 2.24. The highest BCUT2D eigenvalue weighted by atomic mass is 16.5. The number of para-hydroxylation sites is 1. The fourth-order valence-electron chi connectivity index (χ4n) is 3.15. The molecule has 0 aliphatic carbocycles. The summed E-state index contributed by atoms with van der Waals surface area (Å²) in [6.07, 6.45) is 6.78. The Morgan fingerprint density at radius 3 is 2.76 bits per heavy atom. The van der Waals surface area contributed by atoms with Gasteiger partial charge in [-0.05, 0) is 36.2 Å². The van der Waals surface area contributed by atoms with Crippen LogP contribution in [0.15, 0.2) is 61.1 Å². The molecule has 1 atom stereocenters. The Hall–Kier alpha value is -2.57. The molecule has 4 rings (SSSR count). The zero-order valence-corrected chi connectivity index (χ0v) is 14.0. The minimum Gasteiger partial charge on any atom is -0.372 e. The van der Waals surface area contributed by atoms with E-state index >= 15 is 0 Å². The molecule has 0 radical (unpaired) electrons. The highest BCUT2D eigenvalue weighted by Crippen LogP contribution is 2.18. The van der Waals surface area contributed by atoms with Gasteiger partial charge in [-0.25, -0.2) is 4.68 Å². The molecule has 1 aliphatic heterocycles. The lowest BCUT2D eigenvalue weighted by molar-refractivity contribution is 0.0460. The number of nitrogens with zero attached hydrogens (tertiary/aromatic N) is 5. The first-order chi connectivity index (χ1) is 12.4. The van der Waals surface area contributed by atoms with E-state index in [0.717, 1.165) is 37.4 Å². The van der Waals surface area contributed by atoms with E-state index in [4.69, 9.17) is 4.74 Å². The van der Waals surface area contributed by atoms with Crippen molar-refractivity contribution in [1.82, 2.24) is 24.9 Å². The number of aromatic nitrogens is 4. The summed E-state index contributed by atoms with van der Waals surface area (Å²) in [7, 11) is 0. The summed E-state index contributed by atoms with van der Waals surface area (Å²) in [5.74, 6) is 0. The average molecular weight is 335 g/mol. The lowest BCUT2D eigenvalue weighted by atomic mass is 10.3. The number of benzene rings is 1. The number of likely N-dealkylation sites (tertiary alicyclic amines) is 1. The second-order valence-corrected chi connectivity index (χ2v) is 6.28. The number of pyridine rings is 1. The second kappa shape index (κ2) is 7.55. The van der Waals surface area contributed by atoms with Gasteiger partial charge in [-0.1, -0.05) is 23.4 Å². The van der Waals surface area contributed by atoms with Crippen LogP contribution in [0.3, 0.4) is 0 Å². The van der Waals surface area contributed by atoms with Crippen LogP contribution in [0.2, 0.25) is 0 Å². The van der Waals surface area contributed by atoms with Crippen LogP contribution in [0.4, 0.5) is 0 Å². The molecule has 6 nitrogen and oxygen atoms in total. The van der Waals surface area contributed by atoms with Crippen LogP contribution in [0.1, 0.15) is 17.7 Å². The molecule has 1 saturated heterocycles. The molecule has 0 bridgehead atoms. The number of hydrogen-bond acceptors (Lipinski definition) is 5. The van der Waals surface area contributed by atoms with E-state index in [1.807, 2.05) is 53.3 Å². The normalized spacial score (nSPS) is 17.8. The Labute approximate surface area is 147 Å². The fraction of sp³-hybridized carbons (Fsp3) is 0.316. The summed E-state index contributed by atoms with van der Waals surface area (Å²) in [6, 6.07) is 14.1. The molecule has 1 aromatic carbocycles. The molecule has 3 heterocycles. The van der Waals surface area contributed by atoms with Gasteiger partial charge in [0.15, 0.2) is 0 Å². The van der Waals surface area contributed by atoms with Crippen LogP contribution >= 0.6 is 0 Å². The van der Waals surface area contributed by atoms with Crippen molar-refractivity contribution in [1.29, 1.82) is 0 Å². The van der Waals surface area contributed by atoms with Crippen molar-refractivity contribution in [2.75, 3.05) is 13.1 Å². The third-order valence-electron chi connectivity index (χ3n) is 4.47. The van der Waals surface area contributed by atoms with Crippen molar-refractivity contribution in [3.63, 3.8) is 0 Å². The van der Waals surface area contributed by atoms with Gasteiger partial charge in [-0.15, -0.1) is 5.10 Å². The molecular formula is C19H21N5O. The number of hydrogen-bond donors (Lipinski definition) is 0. The molecule has 1 fully saturated rings. The molecular weight excluding hydrogens is 314 g/mol. The van der Waals surface area contributed by atoms with Crippen molar-refractivity contribution in [2.24, 2.45) is 0 Å². The maximum Gasteiger partial charge on any atom is 0.0786 e. The molecule has 3 aromatic rings. The van der Waals surface area contributed by atoms with Gasteiger partial charge in [0.25, 0.3) is 0 Å². The van der Waals surface area contributed by atoms with Gasteiger partial charge < -0.3 is 4.74 Å². The fourth-order valence-corrected chi connectivity index (χ4v) is 3.15. The largest absolute Gasteiger partial charge is 0.372 e. The van der Waals surface area contributed by atoms with Crippen molar-refractivity contribution in [3.05, 3.63) is 72.3 Å². The summed E-state index contributed by atoms with van der Waals surface area (Å²) in [5.41, 5.74) is 3.31. The van der Waals surface area contributed by atoms with E-state index in [1.165, 1.54) is 5.56 Å². The summed E-state index contributed by atoms with van der Waals surface area (Å²) in [5, 5.41) is 8.31. The van der Waals surface area contributed by atoms with Gasteiger partial charge >= 0.3 is 0 Å². The molecule has 0 N–H and O–H groups in total. The Morgan fingerprint density at radius 1 is 1.08 bits per heavy atom. The monoisotopic (exact) mass is 335 g/mol. The number of rotatable bonds is 6. The molecule has 6 heteroatoms. The predicted molar refractivity (Wildman–Crippen MR) is 94.1 cm³/mol. The summed E-state index contributed by atoms with van der Waals surface area (Å²) >= 11 is 0. The third kappa shape index (κ3) is 3.92. The van der Waals surface area contributed by atoms with Gasteiger partial charge in [0.2, 0.25) is 0 Å². The van der Waals surface area contributed by atoms with E-state index in [1.54, 1.807) is 12.4 Å². The standard InChI is InChI=1S/C19H21N5O/c1-2-4-17(5-3-1)24-18(12-21-22-24)13-23-11-8-19(14-23)25-15-16-6-9-20-10-7-16/h1-7,9-10,12,19H,8,11,13-15H2. The zero-order chi connectivity index (χ0) is 16.9. The molecule has 2 aromatic heterocycles. The van der Waals surface area contributed by atoms with Crippen molar-refractivity contribution in [2.45, 2.75) is 25.7 Å². The lowest BCUT2D eigenvalue weighted by Gasteiger charge is -2.16. The topological polar surface area (TPSA) is 56.1 Å². The Kier molecular flexibility index (Phi) is 4.81. The summed E-state index contributed by atoms with van der Waals surface area (Å²) in [6.45, 7) is 3.44. The Morgan fingerprint density at radius 2 is 1.92 bits per heavy atom. The minimum absolute atomic E-state index is 0.272. The molecule has 1 aliphatic rings. The van der Waals surface area contributed by atoms with Gasteiger partial charge in [0, 0.05) is 32.0 Å². The van der Waals surface area contributed by atoms with Gasteiger partial charge in [0.1, 0.15) is 0 Å². The van der Waals surface area contributed by atoms with E-state index in [0.29, 0.717) is 6.61 Å². The number of ether oxygens (including phenoxy) is 1. The minimum atomic E-state index is 0.272. The van der Waals surface area contributed by atoms with Crippen molar-refractivity contribution in [3.8, 4) is 5.69 Å². The lowest BCUT2D eigenvalue weighted by Crippen LogP contribution is -2.24.